The standard InChI is InChI=1S/C19H17N3O/c1-11-10-13-12-6-2-4-8-15(12)20-17(13)19(22-11)14-7-3-5-9-16(14)21-18(19)23/h2-9,11,20,22H,10H2,1H3,(H,21,23)/t11-,19+/m0/s1. The van der Waals surface area contributed by atoms with Gasteiger partial charge < -0.3 is 10.3 Å². The third-order valence-electron chi connectivity index (χ3n) is 5.08. The molecule has 0 unspecified atom stereocenters. The third kappa shape index (κ3) is 1.51. The van der Waals surface area contributed by atoms with Crippen molar-refractivity contribution >= 4 is 22.5 Å². The minimum Gasteiger partial charge on any atom is -0.356 e. The molecule has 0 saturated heterocycles. The lowest BCUT2D eigenvalue weighted by atomic mass is 9.80. The van der Waals surface area contributed by atoms with Crippen LogP contribution in [0.2, 0.25) is 0 Å². The molecule has 4 heteroatoms. The molecule has 4 nitrogen and oxygen atoms in total. The van der Waals surface area contributed by atoms with Crippen molar-refractivity contribution in [1.82, 2.24) is 10.3 Å². The highest BCUT2D eigenvalue weighted by Crippen LogP contribution is 2.45. The van der Waals surface area contributed by atoms with Crippen molar-refractivity contribution in [3.63, 3.8) is 0 Å². The minimum absolute atomic E-state index is 0.00180. The highest BCUT2D eigenvalue weighted by atomic mass is 16.2. The van der Waals surface area contributed by atoms with Crippen LogP contribution in [-0.2, 0) is 16.8 Å². The molecule has 114 valence electrons. The Morgan fingerprint density at radius 1 is 1.09 bits per heavy atom. The molecule has 2 aliphatic rings. The number of rotatable bonds is 0. The molecule has 3 heterocycles. The number of aromatic amines is 1. The summed E-state index contributed by atoms with van der Waals surface area (Å²) in [5, 5.41) is 7.83. The number of fused-ring (bicyclic) bond motifs is 6. The van der Waals surface area contributed by atoms with Gasteiger partial charge in [0.2, 0.25) is 0 Å². The first kappa shape index (κ1) is 12.9. The fourth-order valence-electron chi connectivity index (χ4n) is 4.18. The van der Waals surface area contributed by atoms with E-state index < -0.39 is 5.54 Å². The van der Waals surface area contributed by atoms with Crippen molar-refractivity contribution in [2.45, 2.75) is 24.9 Å². The molecule has 2 aromatic carbocycles. The second-order valence-corrected chi connectivity index (χ2v) is 6.52. The molecular formula is C19H17N3O. The highest BCUT2D eigenvalue weighted by molar-refractivity contribution is 6.09. The summed E-state index contributed by atoms with van der Waals surface area (Å²) in [5.74, 6) is -0.00180. The molecular weight excluding hydrogens is 286 g/mol. The zero-order chi connectivity index (χ0) is 15.6. The van der Waals surface area contributed by atoms with Gasteiger partial charge in [-0.25, -0.2) is 0 Å². The van der Waals surface area contributed by atoms with Gasteiger partial charge in [0.05, 0.1) is 5.69 Å². The van der Waals surface area contributed by atoms with Crippen LogP contribution in [0.3, 0.4) is 0 Å². The first-order valence-electron chi connectivity index (χ1n) is 7.99. The first-order valence-corrected chi connectivity index (χ1v) is 7.99. The third-order valence-corrected chi connectivity index (χ3v) is 5.08. The van der Waals surface area contributed by atoms with Crippen molar-refractivity contribution < 1.29 is 4.79 Å². The molecule has 3 aromatic rings. The van der Waals surface area contributed by atoms with Crippen LogP contribution in [0, 0.1) is 0 Å². The van der Waals surface area contributed by atoms with E-state index in [1.54, 1.807) is 0 Å². The van der Waals surface area contributed by atoms with Crippen LogP contribution in [-0.4, -0.2) is 16.9 Å². The van der Waals surface area contributed by atoms with E-state index in [9.17, 15) is 4.79 Å². The van der Waals surface area contributed by atoms with Gasteiger partial charge in [0.1, 0.15) is 0 Å². The highest BCUT2D eigenvalue weighted by Gasteiger charge is 2.53. The fraction of sp³-hybridized carbons (Fsp3) is 0.211. The molecule has 1 amide bonds. The largest absolute Gasteiger partial charge is 0.356 e. The average molecular weight is 303 g/mol. The number of nitrogens with one attached hydrogen (secondary N) is 3. The Balaban J connectivity index is 1.88. The fourth-order valence-corrected chi connectivity index (χ4v) is 4.18. The Hall–Kier alpha value is -2.59. The van der Waals surface area contributed by atoms with Crippen LogP contribution in [0.25, 0.3) is 10.9 Å². The normalized spacial score (nSPS) is 25.4. The second kappa shape index (κ2) is 4.24. The van der Waals surface area contributed by atoms with Gasteiger partial charge in [-0.1, -0.05) is 36.4 Å². The lowest BCUT2D eigenvalue weighted by Crippen LogP contribution is -2.56. The summed E-state index contributed by atoms with van der Waals surface area (Å²) in [6, 6.07) is 16.5. The number of amides is 1. The summed E-state index contributed by atoms with van der Waals surface area (Å²) in [5.41, 5.74) is 4.40. The number of hydrogen-bond donors (Lipinski definition) is 3. The van der Waals surface area contributed by atoms with Gasteiger partial charge in [0.15, 0.2) is 5.54 Å². The van der Waals surface area contributed by atoms with Crippen molar-refractivity contribution in [1.29, 1.82) is 0 Å². The van der Waals surface area contributed by atoms with Crippen LogP contribution in [0.1, 0.15) is 23.7 Å². The lowest BCUT2D eigenvalue weighted by molar-refractivity contribution is -0.121. The van der Waals surface area contributed by atoms with E-state index in [0.717, 1.165) is 28.9 Å². The Kier molecular flexibility index (Phi) is 2.38. The van der Waals surface area contributed by atoms with E-state index in [4.69, 9.17) is 0 Å². The number of carbonyl (C=O) groups is 1. The van der Waals surface area contributed by atoms with Crippen LogP contribution < -0.4 is 10.6 Å². The van der Waals surface area contributed by atoms with Gasteiger partial charge >= 0.3 is 0 Å². The smallest absolute Gasteiger partial charge is 0.255 e. The SMILES string of the molecule is C[C@H]1Cc2c([nH]c3ccccc23)[C@@]2(N1)C(=O)Nc1ccccc12. The van der Waals surface area contributed by atoms with Crippen LogP contribution >= 0.6 is 0 Å². The molecule has 1 aromatic heterocycles. The van der Waals surface area contributed by atoms with Crippen molar-refractivity contribution in [2.75, 3.05) is 5.32 Å². The van der Waals surface area contributed by atoms with E-state index in [1.165, 1.54) is 10.9 Å². The first-order chi connectivity index (χ1) is 11.2. The Morgan fingerprint density at radius 2 is 1.87 bits per heavy atom. The van der Waals surface area contributed by atoms with E-state index in [-0.39, 0.29) is 11.9 Å². The number of H-pyrrole nitrogens is 1. The number of carbonyl (C=O) groups excluding carboxylic acids is 1. The van der Waals surface area contributed by atoms with Crippen LogP contribution in [0.15, 0.2) is 48.5 Å². The molecule has 5 rings (SSSR count). The van der Waals surface area contributed by atoms with E-state index in [0.29, 0.717) is 0 Å². The van der Waals surface area contributed by atoms with E-state index in [2.05, 4.69) is 40.7 Å². The molecule has 0 bridgehead atoms. The average Bonchev–Trinajstić information content (AvgIpc) is 3.05. The van der Waals surface area contributed by atoms with Crippen molar-refractivity contribution in [2.24, 2.45) is 0 Å². The number of para-hydroxylation sites is 2. The number of hydrogen-bond acceptors (Lipinski definition) is 2. The lowest BCUT2D eigenvalue weighted by Gasteiger charge is -2.37. The van der Waals surface area contributed by atoms with Gasteiger partial charge in [0, 0.05) is 28.2 Å². The summed E-state index contributed by atoms with van der Waals surface area (Å²) in [6.45, 7) is 2.14. The maximum Gasteiger partial charge on any atom is 0.255 e. The molecule has 0 aliphatic carbocycles. The summed E-state index contributed by atoms with van der Waals surface area (Å²) in [6.07, 6.45) is 0.913. The molecule has 23 heavy (non-hydrogen) atoms. The molecule has 2 aliphatic heterocycles. The molecule has 1 spiro atoms. The van der Waals surface area contributed by atoms with E-state index in [1.807, 2.05) is 30.3 Å². The van der Waals surface area contributed by atoms with Crippen molar-refractivity contribution in [3.05, 3.63) is 65.4 Å². The minimum atomic E-state index is -0.817. The van der Waals surface area contributed by atoms with Gasteiger partial charge in [-0.2, -0.15) is 0 Å². The predicted molar refractivity (Wildman–Crippen MR) is 90.5 cm³/mol. The molecule has 0 radical (unpaired) electrons. The maximum atomic E-state index is 13.0. The zero-order valence-corrected chi connectivity index (χ0v) is 12.8. The monoisotopic (exact) mass is 303 g/mol. The number of aromatic nitrogens is 1. The van der Waals surface area contributed by atoms with Gasteiger partial charge in [-0.05, 0) is 31.0 Å². The Bertz CT molecular complexity index is 958. The predicted octanol–water partition coefficient (Wildman–Crippen LogP) is 2.90. The van der Waals surface area contributed by atoms with Gasteiger partial charge in [-0.3, -0.25) is 10.1 Å². The topological polar surface area (TPSA) is 56.9 Å². The quantitative estimate of drug-likeness (QED) is 0.598. The van der Waals surface area contributed by atoms with Crippen LogP contribution in [0.5, 0.6) is 0 Å². The number of anilines is 1. The summed E-state index contributed by atoms with van der Waals surface area (Å²) in [4.78, 5) is 16.5. The van der Waals surface area contributed by atoms with Gasteiger partial charge in [0.25, 0.3) is 5.91 Å². The zero-order valence-electron chi connectivity index (χ0n) is 12.8. The van der Waals surface area contributed by atoms with Crippen LogP contribution in [0.4, 0.5) is 5.69 Å². The summed E-state index contributed by atoms with van der Waals surface area (Å²) >= 11 is 0. The summed E-state index contributed by atoms with van der Waals surface area (Å²) in [7, 11) is 0. The Morgan fingerprint density at radius 3 is 2.78 bits per heavy atom. The molecule has 2 atom stereocenters. The Labute approximate surface area is 133 Å². The molecule has 0 saturated carbocycles. The van der Waals surface area contributed by atoms with Crippen molar-refractivity contribution in [3.8, 4) is 0 Å². The van der Waals surface area contributed by atoms with E-state index >= 15 is 0 Å². The molecule has 0 fully saturated rings. The molecule has 3 N–H and O–H groups in total. The second-order valence-electron chi connectivity index (χ2n) is 6.52. The number of benzene rings is 2. The summed E-state index contributed by atoms with van der Waals surface area (Å²) < 4.78 is 0. The maximum absolute atomic E-state index is 13.0. The van der Waals surface area contributed by atoms with Gasteiger partial charge in [-0.15, -0.1) is 0 Å².